The Morgan fingerprint density at radius 1 is 1.04 bits per heavy atom. The van der Waals surface area contributed by atoms with E-state index in [1.54, 1.807) is 38.5 Å². The number of hydrogen-bond donors (Lipinski definition) is 0. The van der Waals surface area contributed by atoms with Gasteiger partial charge >= 0.3 is 0 Å². The van der Waals surface area contributed by atoms with Crippen molar-refractivity contribution >= 4 is 34.5 Å². The summed E-state index contributed by atoms with van der Waals surface area (Å²) in [5, 5.41) is 5.14. The highest BCUT2D eigenvalue weighted by atomic mass is 35.5. The summed E-state index contributed by atoms with van der Waals surface area (Å²) < 4.78 is 21.5. The van der Waals surface area contributed by atoms with E-state index in [1.807, 2.05) is 12.1 Å². The average molecular weight is 404 g/mol. The lowest BCUT2D eigenvalue weighted by Gasteiger charge is -2.07. The molecular formula is C18H14ClN3O4S. The van der Waals surface area contributed by atoms with E-state index in [4.69, 9.17) is 30.0 Å². The van der Waals surface area contributed by atoms with Gasteiger partial charge in [-0.05, 0) is 30.3 Å². The Kier molecular flexibility index (Phi) is 4.91. The van der Waals surface area contributed by atoms with Crippen LogP contribution in [0.2, 0.25) is 5.02 Å². The highest BCUT2D eigenvalue weighted by molar-refractivity contribution is 7.98. The van der Waals surface area contributed by atoms with Gasteiger partial charge in [0.05, 0.1) is 20.0 Å². The number of oxazole rings is 1. The van der Waals surface area contributed by atoms with Gasteiger partial charge in [-0.25, -0.2) is 4.98 Å². The topological polar surface area (TPSA) is 83.4 Å². The van der Waals surface area contributed by atoms with Crippen LogP contribution in [-0.4, -0.2) is 29.3 Å². The molecule has 0 bridgehead atoms. The SMILES string of the molecule is COc1ccc(-c2noc(CSc3nc4ccc(Cl)cc4o3)n2)cc1OC. The normalized spacial score (nSPS) is 11.1. The van der Waals surface area contributed by atoms with Crippen LogP contribution in [0, 0.1) is 0 Å². The molecule has 138 valence electrons. The fourth-order valence-corrected chi connectivity index (χ4v) is 3.31. The summed E-state index contributed by atoms with van der Waals surface area (Å²) in [6, 6.07) is 10.7. The van der Waals surface area contributed by atoms with Crippen LogP contribution in [0.4, 0.5) is 0 Å². The molecule has 0 fully saturated rings. The lowest BCUT2D eigenvalue weighted by molar-refractivity contribution is 0.355. The van der Waals surface area contributed by atoms with Crippen molar-refractivity contribution < 1.29 is 18.4 Å². The van der Waals surface area contributed by atoms with Crippen molar-refractivity contribution in [3.63, 3.8) is 0 Å². The summed E-state index contributed by atoms with van der Waals surface area (Å²) in [6.45, 7) is 0. The maximum atomic E-state index is 5.96. The molecule has 9 heteroatoms. The maximum absolute atomic E-state index is 5.96. The molecule has 0 aliphatic rings. The summed E-state index contributed by atoms with van der Waals surface area (Å²) in [6.07, 6.45) is 0. The van der Waals surface area contributed by atoms with Gasteiger partial charge in [-0.3, -0.25) is 0 Å². The minimum absolute atomic E-state index is 0.431. The van der Waals surface area contributed by atoms with Gasteiger partial charge in [0.1, 0.15) is 5.52 Å². The number of nitrogens with zero attached hydrogens (tertiary/aromatic N) is 3. The average Bonchev–Trinajstić information content (AvgIpc) is 3.32. The van der Waals surface area contributed by atoms with Gasteiger partial charge in [-0.1, -0.05) is 28.5 Å². The van der Waals surface area contributed by atoms with E-state index in [9.17, 15) is 0 Å². The standard InChI is InChI=1S/C18H14ClN3O4S/c1-23-13-6-3-10(7-15(13)24-2)17-21-16(26-22-17)9-27-18-20-12-5-4-11(19)8-14(12)25-18/h3-8H,9H2,1-2H3. The first-order chi connectivity index (χ1) is 13.2. The Morgan fingerprint density at radius 3 is 2.70 bits per heavy atom. The zero-order valence-corrected chi connectivity index (χ0v) is 16.0. The second-order valence-corrected chi connectivity index (χ2v) is 6.83. The van der Waals surface area contributed by atoms with E-state index in [1.165, 1.54) is 11.8 Å². The number of methoxy groups -OCH3 is 2. The summed E-state index contributed by atoms with van der Waals surface area (Å²) in [4.78, 5) is 8.80. The van der Waals surface area contributed by atoms with Gasteiger partial charge < -0.3 is 18.4 Å². The number of thioether (sulfide) groups is 1. The molecule has 0 radical (unpaired) electrons. The quantitative estimate of drug-likeness (QED) is 0.423. The van der Waals surface area contributed by atoms with Crippen LogP contribution >= 0.6 is 23.4 Å². The number of rotatable bonds is 6. The molecule has 27 heavy (non-hydrogen) atoms. The largest absolute Gasteiger partial charge is 0.493 e. The lowest BCUT2D eigenvalue weighted by Crippen LogP contribution is -1.91. The molecule has 0 atom stereocenters. The maximum Gasteiger partial charge on any atom is 0.257 e. The lowest BCUT2D eigenvalue weighted by atomic mass is 10.2. The zero-order chi connectivity index (χ0) is 18.8. The van der Waals surface area contributed by atoms with E-state index >= 15 is 0 Å². The van der Waals surface area contributed by atoms with Crippen LogP contribution in [0.15, 0.2) is 50.6 Å². The highest BCUT2D eigenvalue weighted by Gasteiger charge is 2.14. The second-order valence-electron chi connectivity index (χ2n) is 5.46. The van der Waals surface area contributed by atoms with Gasteiger partial charge in [-0.15, -0.1) is 0 Å². The predicted molar refractivity (Wildman–Crippen MR) is 101 cm³/mol. The van der Waals surface area contributed by atoms with Crippen molar-refractivity contribution in [2.24, 2.45) is 0 Å². The minimum atomic E-state index is 0.431. The van der Waals surface area contributed by atoms with Gasteiger partial charge in [0.15, 0.2) is 17.1 Å². The van der Waals surface area contributed by atoms with Crippen molar-refractivity contribution in [3.05, 3.63) is 47.3 Å². The van der Waals surface area contributed by atoms with E-state index in [0.717, 1.165) is 11.1 Å². The number of hydrogen-bond acceptors (Lipinski definition) is 8. The summed E-state index contributed by atoms with van der Waals surface area (Å²) in [5.41, 5.74) is 2.16. The number of aromatic nitrogens is 3. The van der Waals surface area contributed by atoms with Crippen LogP contribution in [0.1, 0.15) is 5.89 Å². The van der Waals surface area contributed by atoms with E-state index in [0.29, 0.717) is 44.8 Å². The summed E-state index contributed by atoms with van der Waals surface area (Å²) in [7, 11) is 3.16. The van der Waals surface area contributed by atoms with Crippen molar-refractivity contribution in [1.29, 1.82) is 0 Å². The van der Waals surface area contributed by atoms with Gasteiger partial charge in [0.25, 0.3) is 5.22 Å². The molecule has 2 aromatic carbocycles. The molecule has 0 aliphatic heterocycles. The fourth-order valence-electron chi connectivity index (χ4n) is 2.47. The molecular weight excluding hydrogens is 390 g/mol. The Morgan fingerprint density at radius 2 is 1.89 bits per heavy atom. The Hall–Kier alpha value is -2.71. The van der Waals surface area contributed by atoms with E-state index in [2.05, 4.69) is 15.1 Å². The van der Waals surface area contributed by atoms with Crippen molar-refractivity contribution in [2.75, 3.05) is 14.2 Å². The van der Waals surface area contributed by atoms with E-state index < -0.39 is 0 Å². The van der Waals surface area contributed by atoms with Gasteiger partial charge in [0, 0.05) is 16.7 Å². The van der Waals surface area contributed by atoms with Gasteiger partial charge in [-0.2, -0.15) is 4.98 Å². The molecule has 0 spiro atoms. The molecule has 4 rings (SSSR count). The van der Waals surface area contributed by atoms with Crippen LogP contribution in [0.5, 0.6) is 11.5 Å². The third-order valence-electron chi connectivity index (χ3n) is 3.76. The molecule has 4 aromatic rings. The minimum Gasteiger partial charge on any atom is -0.493 e. The molecule has 0 unspecified atom stereocenters. The molecule has 2 heterocycles. The van der Waals surface area contributed by atoms with Crippen LogP contribution in [0.3, 0.4) is 0 Å². The number of ether oxygens (including phenoxy) is 2. The number of fused-ring (bicyclic) bond motifs is 1. The van der Waals surface area contributed by atoms with Crippen LogP contribution in [0.25, 0.3) is 22.5 Å². The van der Waals surface area contributed by atoms with Crippen LogP contribution < -0.4 is 9.47 Å². The number of halogens is 1. The summed E-state index contributed by atoms with van der Waals surface area (Å²) in [5.74, 6) is 2.60. The van der Waals surface area contributed by atoms with Crippen molar-refractivity contribution in [3.8, 4) is 22.9 Å². The predicted octanol–water partition coefficient (Wildman–Crippen LogP) is 4.84. The highest BCUT2D eigenvalue weighted by Crippen LogP contribution is 2.32. The van der Waals surface area contributed by atoms with Crippen molar-refractivity contribution in [2.45, 2.75) is 11.0 Å². The molecule has 0 aliphatic carbocycles. The number of benzene rings is 2. The first-order valence-corrected chi connectivity index (χ1v) is 9.26. The molecule has 2 aromatic heterocycles. The zero-order valence-electron chi connectivity index (χ0n) is 14.4. The molecule has 7 nitrogen and oxygen atoms in total. The summed E-state index contributed by atoms with van der Waals surface area (Å²) >= 11 is 7.32. The second kappa shape index (κ2) is 7.50. The Balaban J connectivity index is 1.49. The Bertz CT molecular complexity index is 1100. The monoisotopic (exact) mass is 403 g/mol. The van der Waals surface area contributed by atoms with Gasteiger partial charge in [0.2, 0.25) is 11.7 Å². The van der Waals surface area contributed by atoms with E-state index in [-0.39, 0.29) is 0 Å². The van der Waals surface area contributed by atoms with Crippen LogP contribution in [-0.2, 0) is 5.75 Å². The first kappa shape index (κ1) is 17.7. The molecule has 0 N–H and O–H groups in total. The molecule has 0 saturated heterocycles. The van der Waals surface area contributed by atoms with Crippen molar-refractivity contribution in [1.82, 2.24) is 15.1 Å². The third-order valence-corrected chi connectivity index (χ3v) is 4.81. The Labute approximate surface area is 163 Å². The molecule has 0 saturated carbocycles. The fraction of sp³-hybridized carbons (Fsp3) is 0.167. The first-order valence-electron chi connectivity index (χ1n) is 7.90. The third kappa shape index (κ3) is 3.72. The molecule has 0 amide bonds. The smallest absolute Gasteiger partial charge is 0.257 e.